The number of aromatic nitrogens is 4. The highest BCUT2D eigenvalue weighted by Gasteiger charge is 2.37. The third kappa shape index (κ3) is 2.95. The molecule has 22 heavy (non-hydrogen) atoms. The van der Waals surface area contributed by atoms with Crippen molar-refractivity contribution in [2.24, 2.45) is 0 Å². The van der Waals surface area contributed by atoms with Gasteiger partial charge in [0.25, 0.3) is 0 Å². The first-order valence-corrected chi connectivity index (χ1v) is 8.07. The van der Waals surface area contributed by atoms with E-state index in [-0.39, 0.29) is 12.2 Å². The van der Waals surface area contributed by atoms with Crippen LogP contribution in [0.2, 0.25) is 0 Å². The van der Waals surface area contributed by atoms with E-state index in [1.807, 2.05) is 0 Å². The second-order valence-electron chi connectivity index (χ2n) is 4.80. The van der Waals surface area contributed by atoms with Crippen LogP contribution in [-0.2, 0) is 14.0 Å². The molecule has 12 heteroatoms. The van der Waals surface area contributed by atoms with E-state index in [9.17, 15) is 9.67 Å². The molecule has 1 fully saturated rings. The summed E-state index contributed by atoms with van der Waals surface area (Å²) in [6, 6.07) is 0. The minimum atomic E-state index is -4.30. The van der Waals surface area contributed by atoms with Gasteiger partial charge >= 0.3 is 7.60 Å². The second-order valence-corrected chi connectivity index (χ2v) is 6.39. The first kappa shape index (κ1) is 15.3. The zero-order valence-electron chi connectivity index (χ0n) is 11.2. The average Bonchev–Trinajstić information content (AvgIpc) is 3.00. The molecule has 1 aliphatic heterocycles. The lowest BCUT2D eigenvalue weighted by Gasteiger charge is -2.17. The Morgan fingerprint density at radius 3 is 2.95 bits per heavy atom. The lowest BCUT2D eigenvalue weighted by Crippen LogP contribution is -2.19. The molecule has 3 rings (SSSR count). The van der Waals surface area contributed by atoms with Crippen molar-refractivity contribution < 1.29 is 28.9 Å². The van der Waals surface area contributed by atoms with Crippen LogP contribution in [0.15, 0.2) is 12.7 Å². The molecule has 11 nitrogen and oxygen atoms in total. The highest BCUT2D eigenvalue weighted by Crippen LogP contribution is 2.37. The molecule has 120 valence electrons. The fraction of sp³-hybridized carbons (Fsp3) is 0.500. The fourth-order valence-electron chi connectivity index (χ4n) is 2.21. The summed E-state index contributed by atoms with van der Waals surface area (Å²) in [4.78, 5) is 29.5. The monoisotopic (exact) mass is 331 g/mol. The van der Waals surface area contributed by atoms with Gasteiger partial charge in [-0.2, -0.15) is 0 Å². The van der Waals surface area contributed by atoms with E-state index in [2.05, 4.69) is 15.0 Å². The number of hydrogen-bond donors (Lipinski definition) is 4. The van der Waals surface area contributed by atoms with E-state index in [1.165, 1.54) is 17.2 Å². The summed E-state index contributed by atoms with van der Waals surface area (Å²) in [5, 5.41) is 10.1. The maximum atomic E-state index is 10.8. The number of imidazole rings is 1. The number of rotatable bonds is 4. The number of nitrogens with zero attached hydrogens (tertiary/aromatic N) is 4. The molecular formula is C10H14N5O6P. The minimum Gasteiger partial charge on any atom is -0.388 e. The zero-order chi connectivity index (χ0) is 15.9. The topological polar surface area (TPSA) is 166 Å². The maximum Gasteiger partial charge on any atom is 0.351 e. The zero-order valence-corrected chi connectivity index (χ0v) is 12.1. The van der Waals surface area contributed by atoms with Crippen molar-refractivity contribution in [1.29, 1.82) is 0 Å². The Morgan fingerprint density at radius 2 is 2.23 bits per heavy atom. The van der Waals surface area contributed by atoms with Gasteiger partial charge in [0, 0.05) is 6.42 Å². The van der Waals surface area contributed by atoms with E-state index in [0.29, 0.717) is 11.2 Å². The number of hydrogen-bond acceptors (Lipinski definition) is 8. The van der Waals surface area contributed by atoms with Gasteiger partial charge in [-0.15, -0.1) is 0 Å². The van der Waals surface area contributed by atoms with Crippen molar-refractivity contribution in [3.05, 3.63) is 12.7 Å². The van der Waals surface area contributed by atoms with Gasteiger partial charge in [0.2, 0.25) is 0 Å². The summed E-state index contributed by atoms with van der Waals surface area (Å²) < 4.78 is 22.7. The largest absolute Gasteiger partial charge is 0.388 e. The van der Waals surface area contributed by atoms with Crippen LogP contribution >= 0.6 is 7.60 Å². The van der Waals surface area contributed by atoms with Crippen molar-refractivity contribution in [2.45, 2.75) is 25.0 Å². The number of nitrogens with two attached hydrogens (primary N) is 1. The number of anilines is 1. The van der Waals surface area contributed by atoms with Crippen LogP contribution in [0, 0.1) is 0 Å². The van der Waals surface area contributed by atoms with E-state index in [4.69, 9.17) is 25.0 Å². The van der Waals surface area contributed by atoms with E-state index < -0.39 is 32.6 Å². The van der Waals surface area contributed by atoms with E-state index in [1.54, 1.807) is 0 Å². The van der Waals surface area contributed by atoms with Gasteiger partial charge in [0.05, 0.1) is 6.33 Å². The van der Waals surface area contributed by atoms with Gasteiger partial charge in [0.1, 0.15) is 17.9 Å². The molecule has 0 aromatic carbocycles. The molecule has 0 unspecified atom stereocenters. The molecule has 0 spiro atoms. The predicted molar refractivity (Wildman–Crippen MR) is 72.3 cm³/mol. The van der Waals surface area contributed by atoms with Crippen molar-refractivity contribution in [3.63, 3.8) is 0 Å². The summed E-state index contributed by atoms with van der Waals surface area (Å²) in [5.74, 6) is 0.200. The van der Waals surface area contributed by atoms with Crippen LogP contribution in [0.3, 0.4) is 0 Å². The predicted octanol–water partition coefficient (Wildman–Crippen LogP) is -0.834. The molecule has 3 heterocycles. The molecule has 1 saturated heterocycles. The summed E-state index contributed by atoms with van der Waals surface area (Å²) in [7, 11) is -4.30. The van der Waals surface area contributed by atoms with Crippen LogP contribution in [0.5, 0.6) is 0 Å². The highest BCUT2D eigenvalue weighted by molar-refractivity contribution is 7.51. The quantitative estimate of drug-likeness (QED) is 0.519. The standard InChI is InChI=1S/C10H14N5O6P/c11-8-7-9(13-2-12-8)15(3-14-7)10-5(16)1-6(21-10)20-4-22(17,18)19/h2-3,5-6,10,16H,1,4H2,(H2,11,12,13)(H2,17,18,19)/t5-,6-,10+/m0/s1. The third-order valence-corrected chi connectivity index (χ3v) is 3.63. The van der Waals surface area contributed by atoms with Gasteiger partial charge < -0.3 is 30.1 Å². The molecule has 0 aliphatic carbocycles. The Balaban J connectivity index is 1.80. The molecule has 5 N–H and O–H groups in total. The number of fused-ring (bicyclic) bond motifs is 1. The molecule has 0 radical (unpaired) electrons. The average molecular weight is 331 g/mol. The molecular weight excluding hydrogens is 317 g/mol. The number of ether oxygens (including phenoxy) is 2. The van der Waals surface area contributed by atoms with Crippen molar-refractivity contribution in [3.8, 4) is 0 Å². The van der Waals surface area contributed by atoms with Crippen molar-refractivity contribution >= 4 is 24.6 Å². The Hall–Kier alpha value is -1.62. The Labute approximate surface area is 123 Å². The summed E-state index contributed by atoms with van der Waals surface area (Å²) >= 11 is 0. The van der Waals surface area contributed by atoms with Gasteiger partial charge in [-0.05, 0) is 0 Å². The van der Waals surface area contributed by atoms with E-state index in [0.717, 1.165) is 0 Å². The number of aliphatic hydroxyl groups excluding tert-OH is 1. The maximum absolute atomic E-state index is 10.8. The highest BCUT2D eigenvalue weighted by atomic mass is 31.2. The Morgan fingerprint density at radius 1 is 1.45 bits per heavy atom. The van der Waals surface area contributed by atoms with Crippen LogP contribution in [-0.4, -0.2) is 53.2 Å². The van der Waals surface area contributed by atoms with Crippen LogP contribution < -0.4 is 5.73 Å². The normalized spacial score (nSPS) is 25.9. The Bertz CT molecular complexity index is 732. The van der Waals surface area contributed by atoms with Crippen molar-refractivity contribution in [2.75, 3.05) is 12.1 Å². The van der Waals surface area contributed by atoms with Gasteiger partial charge in [-0.25, -0.2) is 15.0 Å². The van der Waals surface area contributed by atoms with Crippen LogP contribution in [0.4, 0.5) is 5.82 Å². The molecule has 0 amide bonds. The molecule has 2 aromatic rings. The van der Waals surface area contributed by atoms with Crippen molar-refractivity contribution in [1.82, 2.24) is 19.5 Å². The first-order valence-electron chi connectivity index (χ1n) is 6.28. The lowest BCUT2D eigenvalue weighted by atomic mass is 10.2. The minimum absolute atomic E-state index is 0.0604. The van der Waals surface area contributed by atoms with Gasteiger partial charge in [-0.1, -0.05) is 0 Å². The van der Waals surface area contributed by atoms with Gasteiger partial charge in [-0.3, -0.25) is 9.13 Å². The first-order chi connectivity index (χ1) is 10.3. The Kier molecular flexibility index (Phi) is 3.85. The molecule has 0 bridgehead atoms. The van der Waals surface area contributed by atoms with E-state index >= 15 is 0 Å². The smallest absolute Gasteiger partial charge is 0.351 e. The summed E-state index contributed by atoms with van der Waals surface area (Å²) in [6.45, 7) is 0. The third-order valence-electron chi connectivity index (χ3n) is 3.14. The molecule has 2 aromatic heterocycles. The molecule has 0 saturated carbocycles. The molecule has 1 aliphatic rings. The number of aliphatic hydroxyl groups is 1. The van der Waals surface area contributed by atoms with Gasteiger partial charge in [0.15, 0.2) is 30.3 Å². The SMILES string of the molecule is Nc1ncnc2c1ncn2[C@@H]1O[C@H](OCP(=O)(O)O)C[C@@H]1O. The van der Waals surface area contributed by atoms with Crippen LogP contribution in [0.1, 0.15) is 12.6 Å². The summed E-state index contributed by atoms with van der Waals surface area (Å²) in [5.41, 5.74) is 6.44. The van der Waals surface area contributed by atoms with Crippen LogP contribution in [0.25, 0.3) is 11.2 Å². The lowest BCUT2D eigenvalue weighted by molar-refractivity contribution is -0.145. The molecule has 3 atom stereocenters. The summed E-state index contributed by atoms with van der Waals surface area (Å²) in [6.07, 6.45) is -0.795. The number of nitrogen functional groups attached to an aromatic ring is 1. The fourth-order valence-corrected chi connectivity index (χ4v) is 2.57. The second kappa shape index (κ2) is 5.54.